The molecule has 4 nitrogen and oxygen atoms in total. The molecule has 1 aliphatic heterocycles. The van der Waals surface area contributed by atoms with Gasteiger partial charge in [-0.1, -0.05) is 24.3 Å². The van der Waals surface area contributed by atoms with Gasteiger partial charge in [-0.25, -0.2) is 0 Å². The van der Waals surface area contributed by atoms with Crippen molar-refractivity contribution < 1.29 is 4.74 Å². The summed E-state index contributed by atoms with van der Waals surface area (Å²) in [5.41, 5.74) is 4.73. The summed E-state index contributed by atoms with van der Waals surface area (Å²) < 4.78 is 6.40. The lowest BCUT2D eigenvalue weighted by Gasteiger charge is -2.46. The fourth-order valence-electron chi connectivity index (χ4n) is 5.51. The van der Waals surface area contributed by atoms with Crippen LogP contribution in [0, 0.1) is 12.3 Å². The zero-order chi connectivity index (χ0) is 23.0. The number of fused-ring (bicyclic) bond motifs is 1. The highest BCUT2D eigenvalue weighted by molar-refractivity contribution is 5.80. The maximum Gasteiger partial charge on any atom is 0.0695 e. The summed E-state index contributed by atoms with van der Waals surface area (Å²) in [6, 6.07) is 15.2. The van der Waals surface area contributed by atoms with Gasteiger partial charge in [0, 0.05) is 47.2 Å². The minimum Gasteiger partial charge on any atom is -0.375 e. The zero-order valence-electron chi connectivity index (χ0n) is 20.7. The van der Waals surface area contributed by atoms with Crippen LogP contribution in [0.3, 0.4) is 0 Å². The normalized spacial score (nSPS) is 20.3. The molecule has 0 spiro atoms. The molecule has 4 rings (SSSR count). The van der Waals surface area contributed by atoms with Gasteiger partial charge in [-0.05, 0) is 96.5 Å². The van der Waals surface area contributed by atoms with Crippen LogP contribution in [0.25, 0.3) is 10.9 Å². The Labute approximate surface area is 193 Å². The standard InChI is InChI=1S/C28H39N3O/c1-7-32-27(5,6)28(15-14-24-18-22-10-8-9-11-25(22)30-24)16-17-31(20-28)26(3,4)23-13-12-21(2)29-19-23/h8-13,18-19,30H,7,14-17,20H2,1-6H3/t28-/m0/s1. The predicted octanol–water partition coefficient (Wildman–Crippen LogP) is 6.25. The Morgan fingerprint density at radius 2 is 1.91 bits per heavy atom. The number of hydrogen-bond donors (Lipinski definition) is 1. The summed E-state index contributed by atoms with van der Waals surface area (Å²) in [6.45, 7) is 16.3. The van der Waals surface area contributed by atoms with E-state index in [-0.39, 0.29) is 16.6 Å². The predicted molar refractivity (Wildman–Crippen MR) is 133 cm³/mol. The summed E-state index contributed by atoms with van der Waals surface area (Å²) in [5.74, 6) is 0. The van der Waals surface area contributed by atoms with Crippen LogP contribution >= 0.6 is 0 Å². The van der Waals surface area contributed by atoms with Crippen molar-refractivity contribution in [2.75, 3.05) is 19.7 Å². The monoisotopic (exact) mass is 433 g/mol. The van der Waals surface area contributed by atoms with Crippen molar-refractivity contribution in [2.45, 2.75) is 71.9 Å². The maximum absolute atomic E-state index is 6.40. The van der Waals surface area contributed by atoms with Gasteiger partial charge in [0.15, 0.2) is 0 Å². The third-order valence-electron chi connectivity index (χ3n) is 8.00. The minimum atomic E-state index is -0.190. The first kappa shape index (κ1) is 23.0. The summed E-state index contributed by atoms with van der Waals surface area (Å²) in [4.78, 5) is 10.8. The van der Waals surface area contributed by atoms with Gasteiger partial charge in [0.25, 0.3) is 0 Å². The number of pyridine rings is 1. The second-order valence-electron chi connectivity index (χ2n) is 10.5. The van der Waals surface area contributed by atoms with E-state index in [0.717, 1.165) is 44.7 Å². The number of ether oxygens (including phenoxy) is 1. The molecule has 2 aromatic heterocycles. The van der Waals surface area contributed by atoms with Crippen molar-refractivity contribution in [3.8, 4) is 0 Å². The molecular weight excluding hydrogens is 394 g/mol. The summed E-state index contributed by atoms with van der Waals surface area (Å²) in [7, 11) is 0. The molecule has 0 amide bonds. The lowest BCUT2D eigenvalue weighted by molar-refractivity contribution is -0.109. The van der Waals surface area contributed by atoms with E-state index in [1.165, 1.54) is 22.2 Å². The molecule has 0 saturated carbocycles. The van der Waals surface area contributed by atoms with Crippen molar-refractivity contribution in [2.24, 2.45) is 5.41 Å². The second-order valence-corrected chi connectivity index (χ2v) is 10.5. The van der Waals surface area contributed by atoms with Crippen LogP contribution in [0.1, 0.15) is 64.4 Å². The number of likely N-dealkylation sites (tertiary alicyclic amines) is 1. The van der Waals surface area contributed by atoms with Gasteiger partial charge in [-0.2, -0.15) is 0 Å². The van der Waals surface area contributed by atoms with E-state index in [2.05, 4.69) is 92.0 Å². The third kappa shape index (κ3) is 4.23. The number of aromatic amines is 1. The molecule has 0 aliphatic carbocycles. The quantitative estimate of drug-likeness (QED) is 0.457. The Hall–Kier alpha value is -2.17. The van der Waals surface area contributed by atoms with Crippen molar-refractivity contribution in [1.29, 1.82) is 0 Å². The maximum atomic E-state index is 6.40. The molecule has 1 aliphatic rings. The molecule has 0 radical (unpaired) electrons. The molecule has 1 N–H and O–H groups in total. The fraction of sp³-hybridized carbons (Fsp3) is 0.536. The Balaban J connectivity index is 1.58. The SMILES string of the molecule is CCOC(C)(C)[C@@]1(CCc2cc3ccccc3[nH]2)CCN(C(C)(C)c2ccc(C)nc2)C1. The average Bonchev–Trinajstić information content (AvgIpc) is 3.38. The molecular formula is C28H39N3O. The summed E-state index contributed by atoms with van der Waals surface area (Å²) >= 11 is 0. The number of benzene rings is 1. The van der Waals surface area contributed by atoms with Gasteiger partial charge in [0.05, 0.1) is 5.60 Å². The molecule has 0 bridgehead atoms. The molecule has 172 valence electrons. The number of rotatable bonds is 8. The first-order valence-corrected chi connectivity index (χ1v) is 12.1. The largest absolute Gasteiger partial charge is 0.375 e. The highest BCUT2D eigenvalue weighted by Gasteiger charge is 2.52. The molecule has 32 heavy (non-hydrogen) atoms. The number of nitrogens with zero attached hydrogens (tertiary/aromatic N) is 2. The molecule has 1 aromatic carbocycles. The number of H-pyrrole nitrogens is 1. The van der Waals surface area contributed by atoms with Gasteiger partial charge in [-0.3, -0.25) is 9.88 Å². The minimum absolute atomic E-state index is 0.0636. The molecule has 0 unspecified atom stereocenters. The Morgan fingerprint density at radius 1 is 1.12 bits per heavy atom. The van der Waals surface area contributed by atoms with Crippen LogP contribution in [-0.4, -0.2) is 40.2 Å². The zero-order valence-corrected chi connectivity index (χ0v) is 20.7. The Kier molecular flexibility index (Phi) is 6.21. The average molecular weight is 434 g/mol. The molecule has 1 atom stereocenters. The van der Waals surface area contributed by atoms with Crippen molar-refractivity contribution in [3.63, 3.8) is 0 Å². The molecule has 4 heteroatoms. The van der Waals surface area contributed by atoms with Crippen molar-refractivity contribution in [3.05, 3.63) is 65.6 Å². The van der Waals surface area contributed by atoms with Crippen LogP contribution < -0.4 is 0 Å². The molecule has 1 saturated heterocycles. The van der Waals surface area contributed by atoms with E-state index in [1.54, 1.807) is 0 Å². The van der Waals surface area contributed by atoms with Crippen molar-refractivity contribution >= 4 is 10.9 Å². The number of aryl methyl sites for hydroxylation is 2. The summed E-state index contributed by atoms with van der Waals surface area (Å²) in [6.07, 6.45) is 5.33. The lowest BCUT2D eigenvalue weighted by atomic mass is 9.69. The Bertz CT molecular complexity index is 1020. The van der Waals surface area contributed by atoms with Crippen molar-refractivity contribution in [1.82, 2.24) is 14.9 Å². The second kappa shape index (κ2) is 8.64. The van der Waals surface area contributed by atoms with Gasteiger partial charge < -0.3 is 9.72 Å². The highest BCUT2D eigenvalue weighted by atomic mass is 16.5. The van der Waals surface area contributed by atoms with E-state index < -0.39 is 0 Å². The Morgan fingerprint density at radius 3 is 2.59 bits per heavy atom. The number of nitrogens with one attached hydrogen (secondary N) is 1. The van der Waals surface area contributed by atoms with Gasteiger partial charge in [-0.15, -0.1) is 0 Å². The topological polar surface area (TPSA) is 41.1 Å². The van der Waals surface area contributed by atoms with Crippen LogP contribution in [0.2, 0.25) is 0 Å². The highest BCUT2D eigenvalue weighted by Crippen LogP contribution is 2.49. The van der Waals surface area contributed by atoms with E-state index in [9.17, 15) is 0 Å². The third-order valence-corrected chi connectivity index (χ3v) is 8.00. The lowest BCUT2D eigenvalue weighted by Crippen LogP contribution is -2.50. The van der Waals surface area contributed by atoms with Gasteiger partial charge in [0.1, 0.15) is 0 Å². The smallest absolute Gasteiger partial charge is 0.0695 e. The van der Waals surface area contributed by atoms with E-state index in [4.69, 9.17) is 4.74 Å². The van der Waals surface area contributed by atoms with Crippen LogP contribution in [-0.2, 0) is 16.7 Å². The first-order chi connectivity index (χ1) is 15.2. The van der Waals surface area contributed by atoms with Crippen LogP contribution in [0.4, 0.5) is 0 Å². The van der Waals surface area contributed by atoms with Crippen LogP contribution in [0.15, 0.2) is 48.7 Å². The van der Waals surface area contributed by atoms with Crippen LogP contribution in [0.5, 0.6) is 0 Å². The summed E-state index contributed by atoms with van der Waals surface area (Å²) in [5, 5.41) is 1.29. The fourth-order valence-corrected chi connectivity index (χ4v) is 5.51. The number of para-hydroxylation sites is 1. The molecule has 3 aromatic rings. The number of hydrogen-bond acceptors (Lipinski definition) is 3. The van der Waals surface area contributed by atoms with E-state index in [0.29, 0.717) is 0 Å². The number of aromatic nitrogens is 2. The molecule has 1 fully saturated rings. The van der Waals surface area contributed by atoms with Gasteiger partial charge in [0.2, 0.25) is 0 Å². The molecule has 3 heterocycles. The van der Waals surface area contributed by atoms with Gasteiger partial charge >= 0.3 is 0 Å². The van der Waals surface area contributed by atoms with E-state index in [1.807, 2.05) is 13.1 Å². The van der Waals surface area contributed by atoms with E-state index >= 15 is 0 Å². The first-order valence-electron chi connectivity index (χ1n) is 12.1.